The molecule has 0 radical (unpaired) electrons. The predicted octanol–water partition coefficient (Wildman–Crippen LogP) is 2.54. The van der Waals surface area contributed by atoms with Crippen LogP contribution < -0.4 is 0 Å². The van der Waals surface area contributed by atoms with Crippen molar-refractivity contribution in [3.05, 3.63) is 46.6 Å². The van der Waals surface area contributed by atoms with Crippen LogP contribution in [0, 0.1) is 0 Å². The number of ketones is 1. The quantitative estimate of drug-likeness (QED) is 0.876. The smallest absolute Gasteiger partial charge is 0.312 e. The van der Waals surface area contributed by atoms with Gasteiger partial charge in [-0.2, -0.15) is 0 Å². The first-order valence-electron chi connectivity index (χ1n) is 5.79. The molecule has 0 amide bonds. The zero-order valence-electron chi connectivity index (χ0n) is 9.80. The normalized spacial score (nSPS) is 17.4. The number of nitrogens with zero attached hydrogens (tertiary/aromatic N) is 1. The van der Waals surface area contributed by atoms with Crippen molar-refractivity contribution >= 4 is 23.4 Å². The molecule has 1 aliphatic heterocycles. The van der Waals surface area contributed by atoms with Crippen molar-refractivity contribution < 1.29 is 19.1 Å². The lowest BCUT2D eigenvalue weighted by Gasteiger charge is -2.03. The van der Waals surface area contributed by atoms with Crippen molar-refractivity contribution in [1.82, 2.24) is 4.57 Å². The molecule has 0 saturated heterocycles. The third kappa shape index (κ3) is 1.86. The Balaban J connectivity index is 1.98. The van der Waals surface area contributed by atoms with Crippen LogP contribution in [0.2, 0.25) is 5.02 Å². The summed E-state index contributed by atoms with van der Waals surface area (Å²) in [5, 5.41) is 9.46. The largest absolute Gasteiger partial charge is 0.481 e. The zero-order valence-corrected chi connectivity index (χ0v) is 10.6. The lowest BCUT2D eigenvalue weighted by molar-refractivity contribution is -0.138. The standard InChI is InChI=1S/C13H10ClNO4/c14-7-5-11(19-6-7)12(16)10-2-1-9-8(13(17)18)3-4-15(9)10/h1-2,5-6,8H,3-4H2,(H,17,18). The zero-order chi connectivity index (χ0) is 13.6. The maximum Gasteiger partial charge on any atom is 0.312 e. The SMILES string of the molecule is O=C(c1cc(Cl)co1)c1ccc2n1CCC2C(=O)O. The molecular formula is C13H10ClNO4. The Hall–Kier alpha value is -2.01. The third-order valence-corrected chi connectivity index (χ3v) is 3.53. The van der Waals surface area contributed by atoms with E-state index >= 15 is 0 Å². The van der Waals surface area contributed by atoms with E-state index in [1.54, 1.807) is 16.7 Å². The van der Waals surface area contributed by atoms with E-state index in [4.69, 9.17) is 21.1 Å². The van der Waals surface area contributed by atoms with Gasteiger partial charge in [0.15, 0.2) is 5.76 Å². The van der Waals surface area contributed by atoms with Gasteiger partial charge in [-0.15, -0.1) is 0 Å². The molecule has 6 heteroatoms. The number of carbonyl (C=O) groups excluding carboxylic acids is 1. The van der Waals surface area contributed by atoms with Gasteiger partial charge in [0.2, 0.25) is 5.78 Å². The van der Waals surface area contributed by atoms with E-state index in [1.807, 2.05) is 0 Å². The third-order valence-electron chi connectivity index (χ3n) is 3.33. The number of halogens is 1. The van der Waals surface area contributed by atoms with Gasteiger partial charge in [0.05, 0.1) is 16.6 Å². The molecule has 0 bridgehead atoms. The van der Waals surface area contributed by atoms with Gasteiger partial charge in [-0.3, -0.25) is 9.59 Å². The van der Waals surface area contributed by atoms with Crippen molar-refractivity contribution in [3.63, 3.8) is 0 Å². The molecule has 1 atom stereocenters. The van der Waals surface area contributed by atoms with Crippen LogP contribution in [-0.4, -0.2) is 21.4 Å². The van der Waals surface area contributed by atoms with Crippen LogP contribution in [0.15, 0.2) is 28.9 Å². The Bertz CT molecular complexity index is 670. The molecule has 0 saturated carbocycles. The summed E-state index contributed by atoms with van der Waals surface area (Å²) in [6, 6.07) is 4.76. The minimum atomic E-state index is -0.864. The van der Waals surface area contributed by atoms with Gasteiger partial charge in [0.1, 0.15) is 6.26 Å². The van der Waals surface area contributed by atoms with Crippen LogP contribution in [-0.2, 0) is 11.3 Å². The van der Waals surface area contributed by atoms with E-state index in [-0.39, 0.29) is 11.5 Å². The van der Waals surface area contributed by atoms with Crippen LogP contribution >= 0.6 is 11.6 Å². The van der Waals surface area contributed by atoms with Crippen LogP contribution in [0.5, 0.6) is 0 Å². The number of aliphatic carboxylic acids is 1. The lowest BCUT2D eigenvalue weighted by atomic mass is 10.1. The highest BCUT2D eigenvalue weighted by molar-refractivity contribution is 6.31. The average Bonchev–Trinajstić information content (AvgIpc) is 3.01. The molecule has 19 heavy (non-hydrogen) atoms. The summed E-state index contributed by atoms with van der Waals surface area (Å²) in [6.07, 6.45) is 1.80. The number of carbonyl (C=O) groups is 2. The molecule has 1 aliphatic rings. The second kappa shape index (κ2) is 4.28. The van der Waals surface area contributed by atoms with E-state index in [2.05, 4.69) is 0 Å². The first kappa shape index (κ1) is 12.0. The molecule has 2 aromatic heterocycles. The predicted molar refractivity (Wildman–Crippen MR) is 66.6 cm³/mol. The second-order valence-electron chi connectivity index (χ2n) is 4.43. The maximum absolute atomic E-state index is 12.2. The summed E-state index contributed by atoms with van der Waals surface area (Å²) in [7, 11) is 0. The summed E-state index contributed by atoms with van der Waals surface area (Å²) in [5.41, 5.74) is 1.10. The molecule has 5 nitrogen and oxygen atoms in total. The minimum Gasteiger partial charge on any atom is -0.481 e. The first-order chi connectivity index (χ1) is 9.08. The fourth-order valence-electron chi connectivity index (χ4n) is 2.45. The number of carboxylic acid groups (broad SMARTS) is 1. The number of hydrogen-bond donors (Lipinski definition) is 1. The van der Waals surface area contributed by atoms with Crippen LogP contribution in [0.4, 0.5) is 0 Å². The molecule has 0 aliphatic carbocycles. The first-order valence-corrected chi connectivity index (χ1v) is 6.16. The van der Waals surface area contributed by atoms with E-state index < -0.39 is 11.9 Å². The van der Waals surface area contributed by atoms with Gasteiger partial charge in [-0.25, -0.2) is 0 Å². The Morgan fingerprint density at radius 3 is 2.84 bits per heavy atom. The second-order valence-corrected chi connectivity index (χ2v) is 4.87. The lowest BCUT2D eigenvalue weighted by Crippen LogP contribution is -2.09. The summed E-state index contributed by atoms with van der Waals surface area (Å²) in [5.74, 6) is -1.53. The average molecular weight is 280 g/mol. The van der Waals surface area contributed by atoms with Crippen molar-refractivity contribution in [3.8, 4) is 0 Å². The van der Waals surface area contributed by atoms with Crippen LogP contribution in [0.3, 0.4) is 0 Å². The number of furan rings is 1. The molecular weight excluding hydrogens is 270 g/mol. The van der Waals surface area contributed by atoms with Crippen molar-refractivity contribution in [2.75, 3.05) is 0 Å². The summed E-state index contributed by atoms with van der Waals surface area (Å²) >= 11 is 5.72. The Morgan fingerprint density at radius 2 is 2.21 bits per heavy atom. The van der Waals surface area contributed by atoms with Crippen LogP contribution in [0.25, 0.3) is 0 Å². The van der Waals surface area contributed by atoms with Gasteiger partial charge in [0.25, 0.3) is 0 Å². The molecule has 2 aromatic rings. The Kier molecular flexibility index (Phi) is 2.71. The summed E-state index contributed by atoms with van der Waals surface area (Å²) in [4.78, 5) is 23.3. The number of hydrogen-bond acceptors (Lipinski definition) is 3. The van der Waals surface area contributed by atoms with Gasteiger partial charge in [-0.05, 0) is 18.6 Å². The van der Waals surface area contributed by atoms with E-state index in [1.165, 1.54) is 12.3 Å². The molecule has 0 spiro atoms. The number of rotatable bonds is 3. The van der Waals surface area contributed by atoms with E-state index in [0.29, 0.717) is 29.4 Å². The number of aromatic nitrogens is 1. The monoisotopic (exact) mass is 279 g/mol. The van der Waals surface area contributed by atoms with Gasteiger partial charge in [0, 0.05) is 18.3 Å². The van der Waals surface area contributed by atoms with E-state index in [0.717, 1.165) is 0 Å². The summed E-state index contributed by atoms with van der Waals surface area (Å²) < 4.78 is 6.81. The van der Waals surface area contributed by atoms with Gasteiger partial charge >= 0.3 is 5.97 Å². The van der Waals surface area contributed by atoms with Crippen LogP contribution in [0.1, 0.15) is 34.3 Å². The molecule has 0 aromatic carbocycles. The fraction of sp³-hybridized carbons (Fsp3) is 0.231. The maximum atomic E-state index is 12.2. The van der Waals surface area contributed by atoms with Crippen molar-refractivity contribution in [2.24, 2.45) is 0 Å². The Labute approximate surface area is 113 Å². The molecule has 3 rings (SSSR count). The molecule has 0 fully saturated rings. The number of fused-ring (bicyclic) bond motifs is 1. The Morgan fingerprint density at radius 1 is 1.42 bits per heavy atom. The highest BCUT2D eigenvalue weighted by Crippen LogP contribution is 2.31. The molecule has 98 valence electrons. The molecule has 1 N–H and O–H groups in total. The summed E-state index contributed by atoms with van der Waals surface area (Å²) in [6.45, 7) is 0.523. The number of carboxylic acids is 1. The topological polar surface area (TPSA) is 72.4 Å². The van der Waals surface area contributed by atoms with Gasteiger partial charge < -0.3 is 14.1 Å². The highest BCUT2D eigenvalue weighted by Gasteiger charge is 2.32. The van der Waals surface area contributed by atoms with Gasteiger partial charge in [-0.1, -0.05) is 11.6 Å². The highest BCUT2D eigenvalue weighted by atomic mass is 35.5. The minimum absolute atomic E-state index is 0.157. The molecule has 3 heterocycles. The van der Waals surface area contributed by atoms with Crippen molar-refractivity contribution in [2.45, 2.75) is 18.9 Å². The fourth-order valence-corrected chi connectivity index (χ4v) is 2.59. The van der Waals surface area contributed by atoms with Crippen molar-refractivity contribution in [1.29, 1.82) is 0 Å². The van der Waals surface area contributed by atoms with E-state index in [9.17, 15) is 9.59 Å². The molecule has 1 unspecified atom stereocenters.